The van der Waals surface area contributed by atoms with Crippen LogP contribution in [0.4, 0.5) is 4.79 Å². The van der Waals surface area contributed by atoms with Crippen LogP contribution in [0, 0.1) is 11.8 Å². The van der Waals surface area contributed by atoms with Gasteiger partial charge in [0.25, 0.3) is 11.8 Å². The maximum Gasteiger partial charge on any atom is 0.407 e. The molecule has 0 aromatic heterocycles. The smallest absolute Gasteiger partial charge is 0.407 e. The van der Waals surface area contributed by atoms with Gasteiger partial charge in [-0.25, -0.2) is 9.59 Å². The van der Waals surface area contributed by atoms with Gasteiger partial charge in [-0.15, -0.1) is 0 Å². The highest BCUT2D eigenvalue weighted by molar-refractivity contribution is 9.10. The SMILES string of the molecule is C=CCOC(=O)NCC[C@H](NC(=O)c1ccc(C(=O)NCC#Cc2cccc(O)c2)cc1Br)C(=O)O. The molecule has 5 N–H and O–H groups in total. The van der Waals surface area contributed by atoms with E-state index in [0.29, 0.717) is 5.56 Å². The van der Waals surface area contributed by atoms with Crippen molar-refractivity contribution in [2.45, 2.75) is 12.5 Å². The van der Waals surface area contributed by atoms with Gasteiger partial charge >= 0.3 is 12.1 Å². The van der Waals surface area contributed by atoms with Crippen LogP contribution in [0.5, 0.6) is 5.75 Å². The van der Waals surface area contributed by atoms with E-state index in [9.17, 15) is 29.4 Å². The summed E-state index contributed by atoms with van der Waals surface area (Å²) < 4.78 is 5.01. The molecule has 11 heteroatoms. The van der Waals surface area contributed by atoms with Crippen LogP contribution in [-0.4, -0.2) is 59.8 Å². The summed E-state index contributed by atoms with van der Waals surface area (Å²) >= 11 is 3.24. The van der Waals surface area contributed by atoms with E-state index in [1.807, 2.05) is 0 Å². The second-order valence-electron chi connectivity index (χ2n) is 7.20. The van der Waals surface area contributed by atoms with E-state index < -0.39 is 29.9 Å². The minimum Gasteiger partial charge on any atom is -0.508 e. The molecule has 0 aliphatic rings. The predicted octanol–water partition coefficient (Wildman–Crippen LogP) is 2.42. The van der Waals surface area contributed by atoms with E-state index in [1.54, 1.807) is 12.1 Å². The molecule has 188 valence electrons. The summed E-state index contributed by atoms with van der Waals surface area (Å²) in [5, 5.41) is 26.2. The number of aliphatic carboxylic acids is 1. The zero-order valence-corrected chi connectivity index (χ0v) is 20.6. The van der Waals surface area contributed by atoms with E-state index >= 15 is 0 Å². The third-order valence-corrected chi connectivity index (χ3v) is 5.19. The molecule has 0 heterocycles. The Balaban J connectivity index is 1.92. The molecular weight excluding hydrogens is 534 g/mol. The lowest BCUT2D eigenvalue weighted by Crippen LogP contribution is -2.43. The Labute approximate surface area is 215 Å². The monoisotopic (exact) mass is 557 g/mol. The second kappa shape index (κ2) is 14.2. The van der Waals surface area contributed by atoms with Gasteiger partial charge < -0.3 is 30.9 Å². The number of rotatable bonds is 10. The molecule has 0 aliphatic carbocycles. The van der Waals surface area contributed by atoms with Gasteiger partial charge in [0.15, 0.2) is 0 Å². The standard InChI is InChI=1S/C25H24BrN3O7/c1-2-13-36-25(35)28-12-10-21(24(33)34)29-23(32)19-9-8-17(15-20(19)26)22(31)27-11-4-6-16-5-3-7-18(30)14-16/h2-3,5,7-9,14-15,21,30H,1,10-13H2,(H,27,31)(H,28,35)(H,29,32)(H,33,34)/t21-/m0/s1. The largest absolute Gasteiger partial charge is 0.508 e. The number of aromatic hydroxyl groups is 1. The van der Waals surface area contributed by atoms with Gasteiger partial charge in [0, 0.05) is 22.1 Å². The lowest BCUT2D eigenvalue weighted by molar-refractivity contribution is -0.139. The van der Waals surface area contributed by atoms with Crippen LogP contribution in [-0.2, 0) is 9.53 Å². The summed E-state index contributed by atoms with van der Waals surface area (Å²) in [6.45, 7) is 3.44. The molecule has 10 nitrogen and oxygen atoms in total. The van der Waals surface area contributed by atoms with Gasteiger partial charge in [0.2, 0.25) is 0 Å². The second-order valence-corrected chi connectivity index (χ2v) is 8.05. The fourth-order valence-electron chi connectivity index (χ4n) is 2.79. The summed E-state index contributed by atoms with van der Waals surface area (Å²) in [4.78, 5) is 47.9. The number of halogens is 1. The zero-order valence-electron chi connectivity index (χ0n) is 19.0. The Morgan fingerprint density at radius 2 is 1.89 bits per heavy atom. The Morgan fingerprint density at radius 1 is 1.11 bits per heavy atom. The first-order chi connectivity index (χ1) is 17.2. The Kier molecular flexibility index (Phi) is 11.0. The van der Waals surface area contributed by atoms with Crippen LogP contribution in [0.15, 0.2) is 59.6 Å². The summed E-state index contributed by atoms with van der Waals surface area (Å²) in [5.41, 5.74) is 0.986. The van der Waals surface area contributed by atoms with Gasteiger partial charge in [0.05, 0.1) is 12.1 Å². The van der Waals surface area contributed by atoms with Gasteiger partial charge in [-0.3, -0.25) is 9.59 Å². The zero-order chi connectivity index (χ0) is 26.5. The van der Waals surface area contributed by atoms with Crippen LogP contribution in [0.1, 0.15) is 32.7 Å². The first kappa shape index (κ1) is 27.9. The maximum absolute atomic E-state index is 12.6. The van der Waals surface area contributed by atoms with Crippen molar-refractivity contribution in [1.29, 1.82) is 0 Å². The van der Waals surface area contributed by atoms with Crippen molar-refractivity contribution < 1.29 is 34.1 Å². The molecule has 36 heavy (non-hydrogen) atoms. The normalized spacial score (nSPS) is 10.7. The number of carboxylic acids is 1. The number of carbonyl (C=O) groups is 4. The number of alkyl carbamates (subject to hydrolysis) is 1. The van der Waals surface area contributed by atoms with Gasteiger partial charge in [-0.05, 0) is 58.7 Å². The fourth-order valence-corrected chi connectivity index (χ4v) is 3.35. The number of amides is 3. The van der Waals surface area contributed by atoms with Crippen molar-refractivity contribution in [3.05, 3.63) is 76.3 Å². The lowest BCUT2D eigenvalue weighted by atomic mass is 10.1. The summed E-state index contributed by atoms with van der Waals surface area (Å²) in [5.74, 6) is 3.31. The van der Waals surface area contributed by atoms with Crippen molar-refractivity contribution in [2.24, 2.45) is 0 Å². The molecule has 0 spiro atoms. The number of ether oxygens (including phenoxy) is 1. The number of carbonyl (C=O) groups excluding carboxylic acids is 3. The quantitative estimate of drug-likeness (QED) is 0.222. The van der Waals surface area contributed by atoms with Crippen molar-refractivity contribution in [3.8, 4) is 17.6 Å². The fraction of sp³-hybridized carbons (Fsp3) is 0.200. The third kappa shape index (κ3) is 9.15. The molecular formula is C25H24BrN3O7. The number of phenolic OH excluding ortho intramolecular Hbond substituents is 1. The molecule has 2 aromatic rings. The molecule has 0 saturated heterocycles. The van der Waals surface area contributed by atoms with E-state index in [0.717, 1.165) is 0 Å². The van der Waals surface area contributed by atoms with Crippen molar-refractivity contribution >= 4 is 39.8 Å². The molecule has 3 amide bonds. The molecule has 0 radical (unpaired) electrons. The van der Waals surface area contributed by atoms with Gasteiger partial charge in [-0.1, -0.05) is 30.6 Å². The summed E-state index contributed by atoms with van der Waals surface area (Å²) in [6, 6.07) is 9.37. The lowest BCUT2D eigenvalue weighted by Gasteiger charge is -2.16. The van der Waals surface area contributed by atoms with E-state index in [2.05, 4.69) is 50.3 Å². The number of hydrogen-bond acceptors (Lipinski definition) is 6. The minimum atomic E-state index is -1.27. The highest BCUT2D eigenvalue weighted by atomic mass is 79.9. The van der Waals surface area contributed by atoms with Crippen LogP contribution >= 0.6 is 15.9 Å². The van der Waals surface area contributed by atoms with Crippen LogP contribution in [0.2, 0.25) is 0 Å². The average Bonchev–Trinajstić information content (AvgIpc) is 2.84. The first-order valence-electron chi connectivity index (χ1n) is 10.6. The predicted molar refractivity (Wildman–Crippen MR) is 135 cm³/mol. The van der Waals surface area contributed by atoms with Gasteiger partial charge in [0.1, 0.15) is 18.4 Å². The molecule has 1 atom stereocenters. The van der Waals surface area contributed by atoms with Crippen LogP contribution in [0.3, 0.4) is 0 Å². The minimum absolute atomic E-state index is 0.0133. The van der Waals surface area contributed by atoms with Gasteiger partial charge in [-0.2, -0.15) is 0 Å². The van der Waals surface area contributed by atoms with Crippen LogP contribution < -0.4 is 16.0 Å². The molecule has 2 aromatic carbocycles. The molecule has 0 fully saturated rings. The Hall–Kier alpha value is -4.30. The first-order valence-corrected chi connectivity index (χ1v) is 11.4. The molecule has 2 rings (SSSR count). The van der Waals surface area contributed by atoms with E-state index in [-0.39, 0.29) is 47.5 Å². The van der Waals surface area contributed by atoms with Crippen molar-refractivity contribution in [2.75, 3.05) is 19.7 Å². The third-order valence-electron chi connectivity index (χ3n) is 4.53. The number of carboxylic acid groups (broad SMARTS) is 1. The summed E-state index contributed by atoms with van der Waals surface area (Å²) in [7, 11) is 0. The highest BCUT2D eigenvalue weighted by Crippen LogP contribution is 2.19. The maximum atomic E-state index is 12.6. The van der Waals surface area contributed by atoms with Crippen molar-refractivity contribution in [3.63, 3.8) is 0 Å². The van der Waals surface area contributed by atoms with E-state index in [1.165, 1.54) is 36.4 Å². The number of hydrogen-bond donors (Lipinski definition) is 5. The van der Waals surface area contributed by atoms with Crippen molar-refractivity contribution in [1.82, 2.24) is 16.0 Å². The van der Waals surface area contributed by atoms with Crippen LogP contribution in [0.25, 0.3) is 0 Å². The Morgan fingerprint density at radius 3 is 2.56 bits per heavy atom. The average molecular weight is 558 g/mol. The Bertz CT molecular complexity index is 1200. The number of nitrogens with one attached hydrogen (secondary N) is 3. The van der Waals surface area contributed by atoms with E-state index in [4.69, 9.17) is 4.74 Å². The summed E-state index contributed by atoms with van der Waals surface area (Å²) in [6.07, 6.45) is 0.582. The molecule has 0 saturated carbocycles. The molecule has 0 aliphatic heterocycles. The molecule has 0 unspecified atom stereocenters. The molecule has 0 bridgehead atoms. The number of benzene rings is 2. The topological polar surface area (TPSA) is 154 Å². The number of phenols is 1. The highest BCUT2D eigenvalue weighted by Gasteiger charge is 2.22.